The second-order valence-electron chi connectivity index (χ2n) is 13.7. The van der Waals surface area contributed by atoms with Crippen molar-refractivity contribution in [2.24, 2.45) is 0 Å². The van der Waals surface area contributed by atoms with Crippen molar-refractivity contribution in [1.82, 2.24) is 0 Å². The molecule has 2 heteroatoms. The average molecular weight is 553 g/mol. The van der Waals surface area contributed by atoms with Crippen LogP contribution in [0.15, 0.2) is 97.1 Å². The van der Waals surface area contributed by atoms with E-state index in [0.717, 1.165) is 33.4 Å². The molecule has 0 saturated heterocycles. The summed E-state index contributed by atoms with van der Waals surface area (Å²) < 4.78 is 28.1. The van der Waals surface area contributed by atoms with Gasteiger partial charge in [0.25, 0.3) is 0 Å². The van der Waals surface area contributed by atoms with Gasteiger partial charge in [-0.25, -0.2) is 8.78 Å². The molecule has 0 heterocycles. The lowest BCUT2D eigenvalue weighted by atomic mass is 9.86. The molecule has 0 nitrogen and oxygen atoms in total. The Balaban J connectivity index is 1.62. The Hall–Kier alpha value is -4.30. The predicted octanol–water partition coefficient (Wildman–Crippen LogP) is 8.26. The molecule has 5 aromatic carbocycles. The van der Waals surface area contributed by atoms with Gasteiger partial charge in [-0.3, -0.25) is 0 Å². The van der Waals surface area contributed by atoms with Gasteiger partial charge in [0.2, 0.25) is 0 Å². The van der Waals surface area contributed by atoms with Crippen molar-refractivity contribution in [2.45, 2.75) is 52.4 Å². The molecule has 0 N–H and O–H groups in total. The van der Waals surface area contributed by atoms with Gasteiger partial charge < -0.3 is 0 Å². The monoisotopic (exact) mass is 552 g/mol. The highest BCUT2D eigenvalue weighted by Crippen LogP contribution is 2.34. The lowest BCUT2D eigenvalue weighted by Gasteiger charge is -2.19. The molecule has 2 aliphatic carbocycles. The highest BCUT2D eigenvalue weighted by molar-refractivity contribution is 5.87. The van der Waals surface area contributed by atoms with E-state index in [-0.39, 0.29) is 22.5 Å². The zero-order chi connectivity index (χ0) is 29.6. The third-order valence-corrected chi connectivity index (χ3v) is 8.85. The van der Waals surface area contributed by atoms with Gasteiger partial charge in [-0.1, -0.05) is 90.1 Å². The van der Waals surface area contributed by atoms with E-state index in [9.17, 15) is 8.78 Å². The van der Waals surface area contributed by atoms with Gasteiger partial charge in [-0.05, 0) is 135 Å². The topological polar surface area (TPSA) is 0 Å². The minimum absolute atomic E-state index is 0.00724. The van der Waals surface area contributed by atoms with Crippen LogP contribution in [0, 0.1) is 32.5 Å². The quantitative estimate of drug-likeness (QED) is 0.203. The maximum Gasteiger partial charge on any atom is 0.123 e. The number of rotatable bonds is 2. The first kappa shape index (κ1) is 26.6. The maximum absolute atomic E-state index is 14.0. The second kappa shape index (κ2) is 9.10. The highest BCUT2D eigenvalue weighted by atomic mass is 19.1. The number of hydrogen-bond donors (Lipinski definition) is 0. The summed E-state index contributed by atoms with van der Waals surface area (Å²) in [5, 5.41) is 7.08. The molecule has 208 valence electrons. The van der Waals surface area contributed by atoms with Crippen LogP contribution in [-0.2, 0) is 10.8 Å². The van der Waals surface area contributed by atoms with Gasteiger partial charge >= 0.3 is 0 Å². The Labute approximate surface area is 245 Å². The number of halogens is 2. The van der Waals surface area contributed by atoms with Crippen molar-refractivity contribution in [3.05, 3.63) is 173 Å². The molecule has 42 heavy (non-hydrogen) atoms. The van der Waals surface area contributed by atoms with Crippen LogP contribution in [0.25, 0.3) is 11.1 Å². The smallest absolute Gasteiger partial charge is 0.123 e. The molecule has 0 unspecified atom stereocenters. The van der Waals surface area contributed by atoms with Crippen molar-refractivity contribution in [3.8, 4) is 0 Å². The summed E-state index contributed by atoms with van der Waals surface area (Å²) >= 11 is 0. The molecule has 0 radical (unpaired) electrons. The molecule has 0 spiro atoms. The van der Waals surface area contributed by atoms with E-state index in [1.807, 2.05) is 24.3 Å². The largest absolute Gasteiger partial charge is 0.207 e. The van der Waals surface area contributed by atoms with E-state index >= 15 is 0 Å². The standard InChI is InChI=1S/C40H34F2/c1-39(2,3)25-11-17-29-31-21-36-32(22-35(31)37(33(29)19-25)23-7-13-27(41)14-8-23)30-18-12-26(40(4,5)6)20-34(30)38(36)24-9-15-28(42)16-10-24/h7-22H,1-6H3. The van der Waals surface area contributed by atoms with Gasteiger partial charge in [0.1, 0.15) is 11.6 Å². The lowest BCUT2D eigenvalue weighted by molar-refractivity contribution is 0.589. The minimum Gasteiger partial charge on any atom is -0.207 e. The first-order chi connectivity index (χ1) is 19.9. The van der Waals surface area contributed by atoms with E-state index in [0.29, 0.717) is 0 Å². The van der Waals surface area contributed by atoms with Gasteiger partial charge in [0, 0.05) is 0 Å². The number of benzene rings is 5. The first-order valence-electron chi connectivity index (χ1n) is 14.7. The fourth-order valence-electron chi connectivity index (χ4n) is 6.51. The number of fused-ring (bicyclic) bond motifs is 4. The zero-order valence-corrected chi connectivity index (χ0v) is 25.0. The van der Waals surface area contributed by atoms with Crippen LogP contribution in [0.5, 0.6) is 0 Å². The molecule has 0 aromatic heterocycles. The van der Waals surface area contributed by atoms with Crippen LogP contribution in [0.1, 0.15) is 74.9 Å². The third kappa shape index (κ3) is 4.16. The summed E-state index contributed by atoms with van der Waals surface area (Å²) in [6.07, 6.45) is 0. The van der Waals surface area contributed by atoms with E-state index in [4.69, 9.17) is 0 Å². The summed E-state index contributed by atoms with van der Waals surface area (Å²) in [6, 6.07) is 32.0. The summed E-state index contributed by atoms with van der Waals surface area (Å²) in [5.41, 5.74) is 9.12. The molecule has 7 rings (SSSR count). The lowest BCUT2D eigenvalue weighted by Crippen LogP contribution is -2.16. The molecule has 0 aliphatic heterocycles. The van der Waals surface area contributed by atoms with E-state index < -0.39 is 0 Å². The molecule has 0 atom stereocenters. The van der Waals surface area contributed by atoms with Crippen LogP contribution in [0.3, 0.4) is 0 Å². The Bertz CT molecular complexity index is 2080. The second-order valence-corrected chi connectivity index (χ2v) is 13.7. The highest BCUT2D eigenvalue weighted by Gasteiger charge is 2.24. The fraction of sp³-hybridized carbons (Fsp3) is 0.200. The first-order valence-corrected chi connectivity index (χ1v) is 14.7. The van der Waals surface area contributed by atoms with Crippen molar-refractivity contribution < 1.29 is 8.78 Å². The molecular formula is C40H34F2. The Morgan fingerprint density at radius 1 is 0.381 bits per heavy atom. The number of hydrogen-bond acceptors (Lipinski definition) is 0. The molecule has 0 bridgehead atoms. The van der Waals surface area contributed by atoms with Crippen LogP contribution < -0.4 is 10.4 Å². The summed E-state index contributed by atoms with van der Waals surface area (Å²) in [7, 11) is 0. The van der Waals surface area contributed by atoms with Crippen LogP contribution in [0.2, 0.25) is 0 Å². The van der Waals surface area contributed by atoms with Crippen molar-refractivity contribution >= 4 is 11.1 Å². The summed E-state index contributed by atoms with van der Waals surface area (Å²) in [5.74, 6) is -0.477. The predicted molar refractivity (Wildman–Crippen MR) is 167 cm³/mol. The minimum atomic E-state index is -0.239. The van der Waals surface area contributed by atoms with E-state index in [1.54, 1.807) is 24.3 Å². The Kier molecular flexibility index (Phi) is 5.76. The zero-order valence-electron chi connectivity index (χ0n) is 25.0. The fourth-order valence-corrected chi connectivity index (χ4v) is 6.51. The SMILES string of the molecule is CC(C)(C)c1ccc2c(c1)=C(c1ccc(F)cc1)c1cc3c(cc1=2)C(c1ccc(F)cc1)=c1cc(C(C)(C)C)ccc1=3. The maximum atomic E-state index is 14.0. The normalized spacial score (nSPS) is 13.6. The molecular weight excluding hydrogens is 518 g/mol. The van der Waals surface area contributed by atoms with E-state index in [2.05, 4.69) is 90.1 Å². The van der Waals surface area contributed by atoms with Crippen molar-refractivity contribution in [2.75, 3.05) is 0 Å². The van der Waals surface area contributed by atoms with Gasteiger partial charge in [0.05, 0.1) is 0 Å². The van der Waals surface area contributed by atoms with Crippen LogP contribution in [-0.4, -0.2) is 0 Å². The molecule has 0 saturated carbocycles. The Morgan fingerprint density at radius 2 is 0.738 bits per heavy atom. The van der Waals surface area contributed by atoms with Crippen LogP contribution >= 0.6 is 0 Å². The Morgan fingerprint density at radius 3 is 1.07 bits per heavy atom. The molecule has 5 aromatic rings. The average Bonchev–Trinajstić information content (AvgIpc) is 3.43. The van der Waals surface area contributed by atoms with Crippen molar-refractivity contribution in [1.29, 1.82) is 0 Å². The van der Waals surface area contributed by atoms with Gasteiger partial charge in [-0.2, -0.15) is 0 Å². The summed E-state index contributed by atoms with van der Waals surface area (Å²) in [6.45, 7) is 13.4. The molecule has 2 aliphatic rings. The van der Waals surface area contributed by atoms with E-state index in [1.165, 1.54) is 42.4 Å². The van der Waals surface area contributed by atoms with Gasteiger partial charge in [-0.15, -0.1) is 0 Å². The van der Waals surface area contributed by atoms with Crippen molar-refractivity contribution in [3.63, 3.8) is 0 Å². The van der Waals surface area contributed by atoms with Gasteiger partial charge in [0.15, 0.2) is 0 Å². The summed E-state index contributed by atoms with van der Waals surface area (Å²) in [4.78, 5) is 0. The molecule has 0 amide bonds. The molecule has 0 fully saturated rings. The van der Waals surface area contributed by atoms with Crippen LogP contribution in [0.4, 0.5) is 8.78 Å². The third-order valence-electron chi connectivity index (χ3n) is 8.85.